The number of aliphatic hydroxyl groups excluding tert-OH is 1. The molecule has 1 atom stereocenters. The Bertz CT molecular complexity index is 579. The van der Waals surface area contributed by atoms with Crippen LogP contribution in [0.2, 0.25) is 0 Å². The highest BCUT2D eigenvalue weighted by Crippen LogP contribution is 2.24. The van der Waals surface area contributed by atoms with E-state index in [2.05, 4.69) is 0 Å². The molecule has 2 aromatic carbocycles. The van der Waals surface area contributed by atoms with Gasteiger partial charge in [-0.05, 0) is 42.5 Å². The number of hydrogen-bond acceptors (Lipinski definition) is 2. The molecule has 0 saturated heterocycles. The van der Waals surface area contributed by atoms with Crippen LogP contribution < -0.4 is 4.74 Å². The average molecular weight is 292 g/mol. The molecule has 0 aliphatic rings. The number of methoxy groups -OCH3 is 1. The molecule has 0 amide bonds. The van der Waals surface area contributed by atoms with Crippen LogP contribution in [0, 0.1) is 17.6 Å². The fourth-order valence-electron chi connectivity index (χ4n) is 2.40. The summed E-state index contributed by atoms with van der Waals surface area (Å²) < 4.78 is 32.6. The summed E-state index contributed by atoms with van der Waals surface area (Å²) in [6.45, 7) is -0.147. The van der Waals surface area contributed by atoms with Crippen LogP contribution in [-0.2, 0) is 12.8 Å². The lowest BCUT2D eigenvalue weighted by molar-refractivity contribution is 0.222. The largest absolute Gasteiger partial charge is 0.496 e. The fraction of sp³-hybridized carbons (Fsp3) is 0.294. The first kappa shape index (κ1) is 15.4. The predicted molar refractivity (Wildman–Crippen MR) is 77.3 cm³/mol. The van der Waals surface area contributed by atoms with E-state index >= 15 is 0 Å². The molecule has 0 heterocycles. The van der Waals surface area contributed by atoms with Gasteiger partial charge in [0, 0.05) is 12.2 Å². The third-order valence-electron chi connectivity index (χ3n) is 3.51. The Balaban J connectivity index is 2.17. The van der Waals surface area contributed by atoms with Crippen molar-refractivity contribution >= 4 is 0 Å². The predicted octanol–water partition coefficient (Wildman–Crippen LogP) is 3.37. The maximum Gasteiger partial charge on any atom is 0.129 e. The Morgan fingerprint density at radius 2 is 1.67 bits per heavy atom. The van der Waals surface area contributed by atoms with Gasteiger partial charge >= 0.3 is 0 Å². The zero-order chi connectivity index (χ0) is 15.2. The van der Waals surface area contributed by atoms with Crippen LogP contribution in [0.15, 0.2) is 42.5 Å². The van der Waals surface area contributed by atoms with Gasteiger partial charge in [-0.25, -0.2) is 8.78 Å². The molecule has 0 aliphatic carbocycles. The monoisotopic (exact) mass is 292 g/mol. The Morgan fingerprint density at radius 3 is 2.29 bits per heavy atom. The van der Waals surface area contributed by atoms with E-state index in [1.54, 1.807) is 7.11 Å². The maximum absolute atomic E-state index is 13.7. The second-order valence-electron chi connectivity index (χ2n) is 4.97. The molecule has 0 radical (unpaired) electrons. The average Bonchev–Trinajstić information content (AvgIpc) is 2.50. The lowest BCUT2D eigenvalue weighted by Crippen LogP contribution is -2.15. The van der Waals surface area contributed by atoms with Crippen LogP contribution in [0.25, 0.3) is 0 Å². The molecule has 2 nitrogen and oxygen atoms in total. The SMILES string of the molecule is COc1ccccc1CC(CO)Cc1c(F)cccc1F. The number of ether oxygens (including phenoxy) is 1. The van der Waals surface area contributed by atoms with E-state index < -0.39 is 11.6 Å². The van der Waals surface area contributed by atoms with Crippen molar-refractivity contribution in [1.82, 2.24) is 0 Å². The van der Waals surface area contributed by atoms with Crippen molar-refractivity contribution < 1.29 is 18.6 Å². The molecule has 0 aromatic heterocycles. The summed E-state index contributed by atoms with van der Waals surface area (Å²) in [6.07, 6.45) is 0.640. The van der Waals surface area contributed by atoms with Crippen molar-refractivity contribution in [2.24, 2.45) is 5.92 Å². The Labute approximate surface area is 123 Å². The Morgan fingerprint density at radius 1 is 1.00 bits per heavy atom. The second-order valence-corrected chi connectivity index (χ2v) is 4.97. The number of benzene rings is 2. The molecule has 0 fully saturated rings. The molecular formula is C17H18F2O2. The van der Waals surface area contributed by atoms with E-state index in [-0.39, 0.29) is 24.5 Å². The topological polar surface area (TPSA) is 29.5 Å². The van der Waals surface area contributed by atoms with Gasteiger partial charge in [0.25, 0.3) is 0 Å². The molecule has 21 heavy (non-hydrogen) atoms. The minimum Gasteiger partial charge on any atom is -0.496 e. The summed E-state index contributed by atoms with van der Waals surface area (Å²) in [7, 11) is 1.57. The van der Waals surface area contributed by atoms with Gasteiger partial charge in [-0.2, -0.15) is 0 Å². The highest BCUT2D eigenvalue weighted by Gasteiger charge is 2.17. The van der Waals surface area contributed by atoms with Gasteiger partial charge in [-0.15, -0.1) is 0 Å². The zero-order valence-corrected chi connectivity index (χ0v) is 11.9. The number of aliphatic hydroxyl groups is 1. The van der Waals surface area contributed by atoms with Gasteiger partial charge < -0.3 is 9.84 Å². The highest BCUT2D eigenvalue weighted by molar-refractivity contribution is 5.33. The van der Waals surface area contributed by atoms with Gasteiger partial charge in [0.05, 0.1) is 7.11 Å². The summed E-state index contributed by atoms with van der Waals surface area (Å²) in [4.78, 5) is 0. The zero-order valence-electron chi connectivity index (χ0n) is 11.9. The fourth-order valence-corrected chi connectivity index (χ4v) is 2.40. The van der Waals surface area contributed by atoms with Crippen LogP contribution in [0.1, 0.15) is 11.1 Å². The third kappa shape index (κ3) is 3.79. The van der Waals surface area contributed by atoms with E-state index in [0.717, 1.165) is 5.56 Å². The Kier molecular flexibility index (Phi) is 5.28. The minimum absolute atomic E-state index is 0.0199. The van der Waals surface area contributed by atoms with E-state index in [0.29, 0.717) is 12.2 Å². The summed E-state index contributed by atoms with van der Waals surface area (Å²) in [5.74, 6) is -0.709. The molecule has 1 unspecified atom stereocenters. The minimum atomic E-state index is -0.575. The van der Waals surface area contributed by atoms with E-state index in [4.69, 9.17) is 4.74 Å². The van der Waals surface area contributed by atoms with Crippen LogP contribution in [0.5, 0.6) is 5.75 Å². The normalized spacial score (nSPS) is 12.2. The Hall–Kier alpha value is -1.94. The lowest BCUT2D eigenvalue weighted by atomic mass is 9.92. The number of rotatable bonds is 6. The number of hydrogen-bond donors (Lipinski definition) is 1. The quantitative estimate of drug-likeness (QED) is 0.884. The van der Waals surface area contributed by atoms with Gasteiger partial charge in [0.15, 0.2) is 0 Å². The maximum atomic E-state index is 13.7. The van der Waals surface area contributed by atoms with Crippen molar-refractivity contribution in [1.29, 1.82) is 0 Å². The summed E-state index contributed by atoms with van der Waals surface area (Å²) in [6, 6.07) is 11.2. The van der Waals surface area contributed by atoms with Crippen molar-refractivity contribution in [3.8, 4) is 5.75 Å². The first-order chi connectivity index (χ1) is 10.2. The second kappa shape index (κ2) is 7.18. The number of halogens is 2. The van der Waals surface area contributed by atoms with Crippen LogP contribution >= 0.6 is 0 Å². The summed E-state index contributed by atoms with van der Waals surface area (Å²) in [5, 5.41) is 9.51. The molecule has 2 rings (SSSR count). The van der Waals surface area contributed by atoms with Gasteiger partial charge in [-0.3, -0.25) is 0 Å². The van der Waals surface area contributed by atoms with E-state index in [9.17, 15) is 13.9 Å². The molecule has 112 valence electrons. The van der Waals surface area contributed by atoms with Crippen molar-refractivity contribution in [3.05, 3.63) is 65.2 Å². The lowest BCUT2D eigenvalue weighted by Gasteiger charge is -2.17. The summed E-state index contributed by atoms with van der Waals surface area (Å²) >= 11 is 0. The summed E-state index contributed by atoms with van der Waals surface area (Å²) in [5.41, 5.74) is 0.933. The molecule has 0 bridgehead atoms. The van der Waals surface area contributed by atoms with Crippen LogP contribution in [0.3, 0.4) is 0 Å². The van der Waals surface area contributed by atoms with Crippen molar-refractivity contribution in [2.45, 2.75) is 12.8 Å². The van der Waals surface area contributed by atoms with Crippen molar-refractivity contribution in [2.75, 3.05) is 13.7 Å². The highest BCUT2D eigenvalue weighted by atomic mass is 19.1. The van der Waals surface area contributed by atoms with Crippen LogP contribution in [-0.4, -0.2) is 18.8 Å². The smallest absolute Gasteiger partial charge is 0.129 e. The molecule has 1 N–H and O–H groups in total. The molecule has 0 aliphatic heterocycles. The third-order valence-corrected chi connectivity index (χ3v) is 3.51. The number of para-hydroxylation sites is 1. The van der Waals surface area contributed by atoms with Crippen molar-refractivity contribution in [3.63, 3.8) is 0 Å². The van der Waals surface area contributed by atoms with E-state index in [1.165, 1.54) is 18.2 Å². The molecule has 0 saturated carbocycles. The first-order valence-corrected chi connectivity index (χ1v) is 6.81. The molecule has 0 spiro atoms. The van der Waals surface area contributed by atoms with Gasteiger partial charge in [0.1, 0.15) is 17.4 Å². The molecule has 2 aromatic rings. The molecular weight excluding hydrogens is 274 g/mol. The first-order valence-electron chi connectivity index (χ1n) is 6.81. The standard InChI is InChI=1S/C17H18F2O2/c1-21-17-8-3-2-5-13(17)9-12(11-20)10-14-15(18)6-4-7-16(14)19/h2-8,12,20H,9-11H2,1H3. The van der Waals surface area contributed by atoms with E-state index in [1.807, 2.05) is 24.3 Å². The van der Waals surface area contributed by atoms with Crippen LogP contribution in [0.4, 0.5) is 8.78 Å². The van der Waals surface area contributed by atoms with Gasteiger partial charge in [-0.1, -0.05) is 24.3 Å². The molecule has 4 heteroatoms. The van der Waals surface area contributed by atoms with Gasteiger partial charge in [0.2, 0.25) is 0 Å².